The highest BCUT2D eigenvalue weighted by Crippen LogP contribution is 2.41. The number of carbonyl (C=O) groups excluding carboxylic acids is 2. The zero-order valence-corrected chi connectivity index (χ0v) is 16.6. The highest BCUT2D eigenvalue weighted by molar-refractivity contribution is 8.19. The fourth-order valence-electron chi connectivity index (χ4n) is 2.64. The minimum atomic E-state index is -4.72. The molecule has 152 valence electrons. The van der Waals surface area contributed by atoms with Crippen LogP contribution in [0.2, 0.25) is 5.02 Å². The molecule has 1 aliphatic rings. The van der Waals surface area contributed by atoms with Gasteiger partial charge in [-0.15, -0.1) is 0 Å². The Morgan fingerprint density at radius 1 is 1.07 bits per heavy atom. The number of rotatable bonds is 4. The van der Waals surface area contributed by atoms with E-state index in [1.54, 1.807) is 18.2 Å². The van der Waals surface area contributed by atoms with Crippen molar-refractivity contribution in [1.82, 2.24) is 0 Å². The van der Waals surface area contributed by atoms with Crippen molar-refractivity contribution >= 4 is 46.3 Å². The maximum Gasteiger partial charge on any atom is 0.417 e. The molecule has 0 aromatic heterocycles. The molecule has 2 aromatic carbocycles. The molecule has 3 rings (SSSR count). The van der Waals surface area contributed by atoms with Gasteiger partial charge in [-0.2, -0.15) is 13.2 Å². The van der Waals surface area contributed by atoms with E-state index < -0.39 is 27.9 Å². The number of hydrogen-bond donors (Lipinski definition) is 0. The Kier molecular flexibility index (Phi) is 5.81. The molecule has 1 fully saturated rings. The summed E-state index contributed by atoms with van der Waals surface area (Å²) in [6, 6.07) is 7.74. The Morgan fingerprint density at radius 2 is 1.79 bits per heavy atom. The number of benzene rings is 2. The van der Waals surface area contributed by atoms with E-state index in [1.165, 1.54) is 26.4 Å². The molecule has 29 heavy (non-hydrogen) atoms. The third-order valence-corrected chi connectivity index (χ3v) is 5.23. The van der Waals surface area contributed by atoms with Crippen molar-refractivity contribution < 1.29 is 32.2 Å². The van der Waals surface area contributed by atoms with Crippen molar-refractivity contribution in [3.8, 4) is 11.5 Å². The van der Waals surface area contributed by atoms with E-state index in [9.17, 15) is 22.8 Å². The monoisotopic (exact) mass is 443 g/mol. The number of anilines is 1. The van der Waals surface area contributed by atoms with Gasteiger partial charge in [0.1, 0.15) is 11.5 Å². The van der Waals surface area contributed by atoms with Crippen LogP contribution in [0.25, 0.3) is 6.08 Å². The molecule has 5 nitrogen and oxygen atoms in total. The largest absolute Gasteiger partial charge is 0.497 e. The van der Waals surface area contributed by atoms with Gasteiger partial charge in [-0.3, -0.25) is 9.59 Å². The van der Waals surface area contributed by atoms with Crippen molar-refractivity contribution in [3.63, 3.8) is 0 Å². The molecule has 0 radical (unpaired) electrons. The maximum atomic E-state index is 13.1. The lowest BCUT2D eigenvalue weighted by molar-refractivity contribution is -0.137. The van der Waals surface area contributed by atoms with Crippen LogP contribution in [0.15, 0.2) is 41.3 Å². The molecule has 1 aliphatic heterocycles. The van der Waals surface area contributed by atoms with Crippen molar-refractivity contribution in [3.05, 3.63) is 57.5 Å². The summed E-state index contributed by atoms with van der Waals surface area (Å²) in [4.78, 5) is 25.8. The van der Waals surface area contributed by atoms with E-state index >= 15 is 0 Å². The lowest BCUT2D eigenvalue weighted by atomic mass is 10.1. The molecular formula is C19H13ClF3NO4S. The number of alkyl halides is 3. The predicted molar refractivity (Wildman–Crippen MR) is 104 cm³/mol. The third kappa shape index (κ3) is 4.20. The molecular weight excluding hydrogens is 431 g/mol. The van der Waals surface area contributed by atoms with Crippen LogP contribution >= 0.6 is 23.4 Å². The molecule has 2 amide bonds. The van der Waals surface area contributed by atoms with E-state index in [0.717, 1.165) is 6.07 Å². The molecule has 10 heteroatoms. The summed E-state index contributed by atoms with van der Waals surface area (Å²) >= 11 is 6.22. The number of amides is 2. The Morgan fingerprint density at radius 3 is 2.41 bits per heavy atom. The van der Waals surface area contributed by atoms with Crippen LogP contribution in [-0.4, -0.2) is 25.4 Å². The first kappa shape index (κ1) is 21.1. The van der Waals surface area contributed by atoms with Gasteiger partial charge in [-0.1, -0.05) is 11.6 Å². The maximum absolute atomic E-state index is 13.1. The molecule has 0 unspecified atom stereocenters. The van der Waals surface area contributed by atoms with Gasteiger partial charge < -0.3 is 9.47 Å². The molecule has 0 bridgehead atoms. The second kappa shape index (κ2) is 8.00. The standard InChI is InChI=1S/C19H13ClF3NO4S/c1-27-12-5-3-10(15(9-12)28-2)7-16-17(25)24(18(26)29-16)11-4-6-14(20)13(8-11)19(21,22)23/h3-9H,1-2H3/b16-7-. The number of hydrogen-bond acceptors (Lipinski definition) is 5. The van der Waals surface area contributed by atoms with Crippen molar-refractivity contribution in [2.24, 2.45) is 0 Å². The highest BCUT2D eigenvalue weighted by Gasteiger charge is 2.39. The second-order valence-corrected chi connectivity index (χ2v) is 7.19. The molecule has 1 heterocycles. The molecule has 0 aliphatic carbocycles. The van der Waals surface area contributed by atoms with Crippen LogP contribution in [-0.2, 0) is 11.0 Å². The Labute approximate surface area is 173 Å². The van der Waals surface area contributed by atoms with Gasteiger partial charge in [0.2, 0.25) is 0 Å². The average molecular weight is 444 g/mol. The van der Waals surface area contributed by atoms with Gasteiger partial charge in [0, 0.05) is 11.6 Å². The van der Waals surface area contributed by atoms with Crippen LogP contribution in [0.5, 0.6) is 11.5 Å². The second-order valence-electron chi connectivity index (χ2n) is 5.79. The first-order valence-electron chi connectivity index (χ1n) is 8.02. The normalized spacial score (nSPS) is 15.9. The number of nitrogens with zero attached hydrogens (tertiary/aromatic N) is 1. The molecule has 0 N–H and O–H groups in total. The number of carbonyl (C=O) groups is 2. The van der Waals surface area contributed by atoms with E-state index in [1.807, 2.05) is 0 Å². The predicted octanol–water partition coefficient (Wildman–Crippen LogP) is 5.62. The van der Waals surface area contributed by atoms with Crippen LogP contribution < -0.4 is 14.4 Å². The van der Waals surface area contributed by atoms with Crippen molar-refractivity contribution in [2.75, 3.05) is 19.1 Å². The van der Waals surface area contributed by atoms with Gasteiger partial charge in [0.05, 0.1) is 35.4 Å². The first-order chi connectivity index (χ1) is 13.7. The first-order valence-corrected chi connectivity index (χ1v) is 9.22. The molecule has 2 aromatic rings. The van der Waals surface area contributed by atoms with E-state index in [-0.39, 0.29) is 10.6 Å². The SMILES string of the molecule is COc1ccc(/C=C2\SC(=O)N(c3ccc(Cl)c(C(F)(F)F)c3)C2=O)c(OC)c1. The summed E-state index contributed by atoms with van der Waals surface area (Å²) in [5, 5.41) is -1.24. The fraction of sp³-hybridized carbons (Fsp3) is 0.158. The zero-order valence-electron chi connectivity index (χ0n) is 15.0. The summed E-state index contributed by atoms with van der Waals surface area (Å²) in [5.41, 5.74) is -0.836. The number of methoxy groups -OCH3 is 2. The molecule has 1 saturated heterocycles. The number of imide groups is 1. The summed E-state index contributed by atoms with van der Waals surface area (Å²) in [6.07, 6.45) is -3.29. The van der Waals surface area contributed by atoms with Crippen LogP contribution in [0, 0.1) is 0 Å². The summed E-state index contributed by atoms with van der Waals surface area (Å²) in [6.45, 7) is 0. The summed E-state index contributed by atoms with van der Waals surface area (Å²) in [5.74, 6) is 0.197. The van der Waals surface area contributed by atoms with Gasteiger partial charge >= 0.3 is 6.18 Å². The highest BCUT2D eigenvalue weighted by atomic mass is 35.5. The van der Waals surface area contributed by atoms with Crippen LogP contribution in [0.4, 0.5) is 23.7 Å². The lowest BCUT2D eigenvalue weighted by Gasteiger charge is -2.16. The van der Waals surface area contributed by atoms with Gasteiger partial charge in [-0.05, 0) is 48.2 Å². The zero-order chi connectivity index (χ0) is 21.3. The van der Waals surface area contributed by atoms with E-state index in [2.05, 4.69) is 0 Å². The number of halogens is 4. The lowest BCUT2D eigenvalue weighted by Crippen LogP contribution is -2.28. The van der Waals surface area contributed by atoms with E-state index in [0.29, 0.717) is 39.8 Å². The van der Waals surface area contributed by atoms with Gasteiger partial charge in [0.25, 0.3) is 11.1 Å². The van der Waals surface area contributed by atoms with Crippen LogP contribution in [0.3, 0.4) is 0 Å². The Bertz CT molecular complexity index is 1020. The van der Waals surface area contributed by atoms with Crippen molar-refractivity contribution in [1.29, 1.82) is 0 Å². The van der Waals surface area contributed by atoms with E-state index in [4.69, 9.17) is 21.1 Å². The van der Waals surface area contributed by atoms with Crippen LogP contribution in [0.1, 0.15) is 11.1 Å². The summed E-state index contributed by atoms with van der Waals surface area (Å²) in [7, 11) is 2.92. The topological polar surface area (TPSA) is 55.8 Å². The van der Waals surface area contributed by atoms with Gasteiger partial charge in [-0.25, -0.2) is 4.90 Å². The van der Waals surface area contributed by atoms with Crippen molar-refractivity contribution in [2.45, 2.75) is 6.18 Å². The van der Waals surface area contributed by atoms with Gasteiger partial charge in [0.15, 0.2) is 0 Å². The Hall–Kier alpha value is -2.65. The number of thioether (sulfide) groups is 1. The average Bonchev–Trinajstić information content (AvgIpc) is 2.95. The minimum Gasteiger partial charge on any atom is -0.497 e. The smallest absolute Gasteiger partial charge is 0.417 e. The molecule has 0 atom stereocenters. The Balaban J connectivity index is 1.98. The minimum absolute atomic E-state index is 0.0435. The molecule has 0 spiro atoms. The molecule has 0 saturated carbocycles. The third-order valence-electron chi connectivity index (χ3n) is 4.03. The fourth-order valence-corrected chi connectivity index (χ4v) is 3.70. The quantitative estimate of drug-likeness (QED) is 0.574. The number of ether oxygens (including phenoxy) is 2. The summed E-state index contributed by atoms with van der Waals surface area (Å²) < 4.78 is 49.7.